The highest BCUT2D eigenvalue weighted by Gasteiger charge is 2.38. The van der Waals surface area contributed by atoms with Crippen molar-refractivity contribution in [1.82, 2.24) is 35.4 Å². The molecule has 2 fully saturated rings. The van der Waals surface area contributed by atoms with Gasteiger partial charge in [0.15, 0.2) is 5.13 Å². The van der Waals surface area contributed by atoms with Crippen LogP contribution in [0.2, 0.25) is 0 Å². The van der Waals surface area contributed by atoms with E-state index in [1.165, 1.54) is 43.4 Å². The first kappa shape index (κ1) is 26.8. The number of thiazole rings is 1. The van der Waals surface area contributed by atoms with Crippen LogP contribution in [0.4, 0.5) is 11.1 Å². The van der Waals surface area contributed by atoms with E-state index in [4.69, 9.17) is 5.73 Å². The number of nitrogens with one attached hydrogen (secondary N) is 3. The number of carbonyl (C=O) groups is 2. The second-order valence-corrected chi connectivity index (χ2v) is 12.8. The molecule has 6 rings (SSSR count). The number of carbonyl (C=O) groups excluding carboxylic acids is 2. The lowest BCUT2D eigenvalue weighted by Crippen LogP contribution is -2.48. The predicted molar refractivity (Wildman–Crippen MR) is 154 cm³/mol. The highest BCUT2D eigenvalue weighted by Crippen LogP contribution is 2.42. The number of H-pyrrole nitrogens is 1. The number of nitrogens with two attached hydrogens (primary N) is 1. The molecule has 2 aliphatic carbocycles. The Bertz CT molecular complexity index is 1400. The standard InChI is InChI=1S/C28H37N9O2S/c1-28(2)13-16-14-30-26(29)33-22(16)23-21(28)24(36-35-23)25(39)34-27-32-18(15-40-27)12-20(38)31-17-8-10-37(11-9-17)19-6-4-3-5-7-19/h14-15,17,19H,3-13H2,1-2H3,(H,31,38)(H,35,36)(H2,29,30,33)(H,32,34,39). The summed E-state index contributed by atoms with van der Waals surface area (Å²) < 4.78 is 0. The van der Waals surface area contributed by atoms with Crippen molar-refractivity contribution in [3.05, 3.63) is 34.1 Å². The fraction of sp³-hybridized carbons (Fsp3) is 0.571. The molecule has 1 saturated heterocycles. The van der Waals surface area contributed by atoms with Crippen LogP contribution in [0, 0.1) is 0 Å². The fourth-order valence-electron chi connectivity index (χ4n) is 6.56. The van der Waals surface area contributed by atoms with E-state index >= 15 is 0 Å². The lowest BCUT2D eigenvalue weighted by molar-refractivity contribution is -0.121. The number of amides is 2. The maximum Gasteiger partial charge on any atom is 0.275 e. The Morgan fingerprint density at radius 3 is 2.67 bits per heavy atom. The molecule has 0 atom stereocenters. The van der Waals surface area contributed by atoms with Crippen LogP contribution >= 0.6 is 11.3 Å². The number of hydrogen-bond acceptors (Lipinski definition) is 9. The molecule has 0 bridgehead atoms. The van der Waals surface area contributed by atoms with E-state index in [1.54, 1.807) is 6.20 Å². The second-order valence-electron chi connectivity index (χ2n) is 11.9. The van der Waals surface area contributed by atoms with Crippen molar-refractivity contribution in [2.75, 3.05) is 24.1 Å². The first-order valence-corrected chi connectivity index (χ1v) is 15.1. The van der Waals surface area contributed by atoms with Crippen molar-refractivity contribution >= 4 is 34.2 Å². The minimum absolute atomic E-state index is 0.0244. The van der Waals surface area contributed by atoms with E-state index in [0.29, 0.717) is 34.3 Å². The lowest BCUT2D eigenvalue weighted by Gasteiger charge is -2.39. The Morgan fingerprint density at radius 2 is 1.90 bits per heavy atom. The average molecular weight is 564 g/mol. The van der Waals surface area contributed by atoms with Crippen molar-refractivity contribution in [2.24, 2.45) is 0 Å². The highest BCUT2D eigenvalue weighted by atomic mass is 32.1. The fourth-order valence-corrected chi connectivity index (χ4v) is 7.26. The second kappa shape index (κ2) is 10.9. The van der Waals surface area contributed by atoms with Gasteiger partial charge in [-0.2, -0.15) is 5.10 Å². The maximum absolute atomic E-state index is 13.3. The van der Waals surface area contributed by atoms with E-state index < -0.39 is 0 Å². The number of fused-ring (bicyclic) bond motifs is 3. The molecule has 5 N–H and O–H groups in total. The van der Waals surface area contributed by atoms with Crippen LogP contribution in [0.1, 0.15) is 86.1 Å². The minimum atomic E-state index is -0.361. The van der Waals surface area contributed by atoms with E-state index in [1.807, 2.05) is 5.38 Å². The SMILES string of the molecule is CC1(C)Cc2cnc(N)nc2-c2n[nH]c(C(=O)Nc3nc(CC(=O)NC4CCN(C5CCCCC5)CC4)cs3)c21. The van der Waals surface area contributed by atoms with Crippen molar-refractivity contribution in [3.63, 3.8) is 0 Å². The molecular formula is C28H37N9O2S. The summed E-state index contributed by atoms with van der Waals surface area (Å²) in [5.74, 6) is -0.186. The van der Waals surface area contributed by atoms with Gasteiger partial charge in [-0.1, -0.05) is 33.1 Å². The molecular weight excluding hydrogens is 526 g/mol. The van der Waals surface area contributed by atoms with Crippen molar-refractivity contribution < 1.29 is 9.59 Å². The van der Waals surface area contributed by atoms with Gasteiger partial charge in [-0.3, -0.25) is 20.0 Å². The Labute approximate surface area is 237 Å². The van der Waals surface area contributed by atoms with Crippen molar-refractivity contribution in [1.29, 1.82) is 0 Å². The van der Waals surface area contributed by atoms with Gasteiger partial charge in [0.2, 0.25) is 11.9 Å². The Kier molecular flexibility index (Phi) is 7.30. The molecule has 1 saturated carbocycles. The van der Waals surface area contributed by atoms with E-state index in [-0.39, 0.29) is 35.6 Å². The smallest absolute Gasteiger partial charge is 0.275 e. The molecule has 0 radical (unpaired) electrons. The van der Waals surface area contributed by atoms with E-state index in [9.17, 15) is 9.59 Å². The third kappa shape index (κ3) is 5.46. The van der Waals surface area contributed by atoms with Crippen LogP contribution in [0.25, 0.3) is 11.4 Å². The zero-order chi connectivity index (χ0) is 27.9. The summed E-state index contributed by atoms with van der Waals surface area (Å²) in [4.78, 5) is 41.7. The summed E-state index contributed by atoms with van der Waals surface area (Å²) in [7, 11) is 0. The topological polar surface area (TPSA) is 155 Å². The number of rotatable bonds is 6. The molecule has 12 heteroatoms. The lowest BCUT2D eigenvalue weighted by atomic mass is 9.73. The van der Waals surface area contributed by atoms with Gasteiger partial charge < -0.3 is 16.0 Å². The molecule has 11 nitrogen and oxygen atoms in total. The van der Waals surface area contributed by atoms with Crippen LogP contribution < -0.4 is 16.4 Å². The van der Waals surface area contributed by atoms with Crippen LogP contribution in [-0.4, -0.2) is 67.0 Å². The number of aromatic nitrogens is 5. The summed E-state index contributed by atoms with van der Waals surface area (Å²) in [5, 5.41) is 15.7. The van der Waals surface area contributed by atoms with Crippen LogP contribution in [-0.2, 0) is 23.1 Å². The van der Waals surface area contributed by atoms with E-state index in [0.717, 1.165) is 43.1 Å². The first-order chi connectivity index (χ1) is 19.3. The van der Waals surface area contributed by atoms with Crippen molar-refractivity contribution in [3.8, 4) is 11.4 Å². The number of hydrogen-bond donors (Lipinski definition) is 4. The van der Waals surface area contributed by atoms with Crippen LogP contribution in [0.15, 0.2) is 11.6 Å². The number of anilines is 2. The number of nitrogens with zero attached hydrogens (tertiary/aromatic N) is 5. The molecule has 0 aromatic carbocycles. The summed E-state index contributed by atoms with van der Waals surface area (Å²) >= 11 is 1.31. The first-order valence-electron chi connectivity index (χ1n) is 14.3. The molecule has 0 unspecified atom stereocenters. The molecule has 40 heavy (non-hydrogen) atoms. The largest absolute Gasteiger partial charge is 0.368 e. The minimum Gasteiger partial charge on any atom is -0.368 e. The summed E-state index contributed by atoms with van der Waals surface area (Å²) in [6.07, 6.45) is 11.3. The molecule has 3 aliphatic rings. The molecule has 4 heterocycles. The maximum atomic E-state index is 13.3. The summed E-state index contributed by atoms with van der Waals surface area (Å²) in [6, 6.07) is 0.946. The Balaban J connectivity index is 1.05. The quantitative estimate of drug-likeness (QED) is 0.356. The van der Waals surface area contributed by atoms with Gasteiger partial charge in [0.05, 0.1) is 17.8 Å². The number of piperidine rings is 1. The highest BCUT2D eigenvalue weighted by molar-refractivity contribution is 7.14. The summed E-state index contributed by atoms with van der Waals surface area (Å²) in [6.45, 7) is 6.25. The van der Waals surface area contributed by atoms with Gasteiger partial charge >= 0.3 is 0 Å². The third-order valence-corrected chi connectivity index (χ3v) is 9.32. The Morgan fingerprint density at radius 1 is 1.12 bits per heavy atom. The normalized spacial score (nSPS) is 19.6. The molecule has 0 spiro atoms. The molecule has 2 amide bonds. The van der Waals surface area contributed by atoms with Crippen molar-refractivity contribution in [2.45, 2.75) is 89.1 Å². The molecule has 212 valence electrons. The molecule has 3 aromatic heterocycles. The van der Waals surface area contributed by atoms with Gasteiger partial charge in [-0.05, 0) is 43.1 Å². The number of likely N-dealkylation sites (tertiary alicyclic amines) is 1. The van der Waals surface area contributed by atoms with E-state index in [2.05, 4.69) is 54.5 Å². The van der Waals surface area contributed by atoms with Gasteiger partial charge in [0, 0.05) is 42.3 Å². The van der Waals surface area contributed by atoms with Gasteiger partial charge in [0.1, 0.15) is 11.4 Å². The number of nitrogen functional groups attached to an aromatic ring is 1. The van der Waals surface area contributed by atoms with Gasteiger partial charge in [0.25, 0.3) is 5.91 Å². The zero-order valence-electron chi connectivity index (χ0n) is 23.1. The van der Waals surface area contributed by atoms with Crippen LogP contribution in [0.3, 0.4) is 0 Å². The molecule has 1 aliphatic heterocycles. The monoisotopic (exact) mass is 563 g/mol. The zero-order valence-corrected chi connectivity index (χ0v) is 23.9. The number of aromatic amines is 1. The van der Waals surface area contributed by atoms with Gasteiger partial charge in [-0.15, -0.1) is 11.3 Å². The van der Waals surface area contributed by atoms with Gasteiger partial charge in [-0.25, -0.2) is 15.0 Å². The molecule has 3 aromatic rings. The predicted octanol–water partition coefficient (Wildman–Crippen LogP) is 3.45. The Hall–Kier alpha value is -3.38. The average Bonchev–Trinajstić information content (AvgIpc) is 3.58. The third-order valence-electron chi connectivity index (χ3n) is 8.51. The van der Waals surface area contributed by atoms with Crippen LogP contribution in [0.5, 0.6) is 0 Å². The summed E-state index contributed by atoms with van der Waals surface area (Å²) in [5.41, 5.74) is 9.49.